The molecule has 2 aromatic carbocycles. The summed E-state index contributed by atoms with van der Waals surface area (Å²) in [4.78, 5) is 4.95. The summed E-state index contributed by atoms with van der Waals surface area (Å²) in [5, 5.41) is 6.55. The van der Waals surface area contributed by atoms with Crippen LogP contribution in [0.15, 0.2) is 64.0 Å². The van der Waals surface area contributed by atoms with E-state index < -0.39 is 0 Å². The Morgan fingerprint density at radius 1 is 0.958 bits per heavy atom. The Bertz CT molecular complexity index is 936. The van der Waals surface area contributed by atoms with Gasteiger partial charge < -0.3 is 0 Å². The molecular weight excluding hydrogens is 328 g/mol. The van der Waals surface area contributed by atoms with E-state index >= 15 is 0 Å². The van der Waals surface area contributed by atoms with Crippen molar-refractivity contribution in [2.45, 2.75) is 6.92 Å². The highest BCUT2D eigenvalue weighted by Crippen LogP contribution is 2.21. The number of thiazole rings is 1. The number of nitrogens with zero attached hydrogens (tertiary/aromatic N) is 3. The molecule has 0 fully saturated rings. The lowest BCUT2D eigenvalue weighted by atomic mass is 10.1. The summed E-state index contributed by atoms with van der Waals surface area (Å²) in [7, 11) is 1.69. The van der Waals surface area contributed by atoms with Crippen LogP contribution in [0.4, 0.5) is 8.78 Å². The van der Waals surface area contributed by atoms with Crippen molar-refractivity contribution in [3.05, 3.63) is 75.9 Å². The molecule has 0 amide bonds. The summed E-state index contributed by atoms with van der Waals surface area (Å²) in [5.41, 5.74) is 3.22. The van der Waals surface area contributed by atoms with Gasteiger partial charge in [0.25, 0.3) is 0 Å². The molecule has 0 saturated heterocycles. The lowest BCUT2D eigenvalue weighted by Crippen LogP contribution is -2.13. The van der Waals surface area contributed by atoms with E-state index in [1.54, 1.807) is 36.0 Å². The van der Waals surface area contributed by atoms with E-state index in [1.807, 2.05) is 12.3 Å². The van der Waals surface area contributed by atoms with Crippen molar-refractivity contribution >= 4 is 17.0 Å². The van der Waals surface area contributed by atoms with Crippen molar-refractivity contribution in [2.24, 2.45) is 10.1 Å². The maximum absolute atomic E-state index is 13.2. The molecular formula is C18H15F2N3S. The van der Waals surface area contributed by atoms with Crippen LogP contribution in [0.25, 0.3) is 11.3 Å². The first-order chi connectivity index (χ1) is 11.6. The number of hydrogen-bond acceptors (Lipinski definition) is 3. The molecule has 3 rings (SSSR count). The fraction of sp³-hybridized carbons (Fsp3) is 0.111. The lowest BCUT2D eigenvalue weighted by Gasteiger charge is -2.06. The fourth-order valence-electron chi connectivity index (χ4n) is 2.27. The third-order valence-electron chi connectivity index (χ3n) is 3.53. The summed E-state index contributed by atoms with van der Waals surface area (Å²) in [5.74, 6) is -0.571. The van der Waals surface area contributed by atoms with Gasteiger partial charge in [0.2, 0.25) is 4.80 Å². The number of halogens is 2. The highest BCUT2D eigenvalue weighted by atomic mass is 32.1. The largest absolute Gasteiger partial charge is 0.261 e. The molecule has 0 aliphatic rings. The molecule has 122 valence electrons. The number of benzene rings is 2. The maximum atomic E-state index is 13.2. The van der Waals surface area contributed by atoms with Crippen molar-refractivity contribution < 1.29 is 8.78 Å². The highest BCUT2D eigenvalue weighted by Gasteiger charge is 2.08. The second kappa shape index (κ2) is 6.88. The Labute approximate surface area is 142 Å². The molecule has 0 radical (unpaired) electrons. The van der Waals surface area contributed by atoms with Gasteiger partial charge in [-0.3, -0.25) is 4.99 Å². The molecule has 0 aliphatic heterocycles. The Morgan fingerprint density at radius 2 is 1.54 bits per heavy atom. The van der Waals surface area contributed by atoms with E-state index in [-0.39, 0.29) is 11.6 Å². The molecule has 0 saturated carbocycles. The molecule has 0 bridgehead atoms. The van der Waals surface area contributed by atoms with Gasteiger partial charge in [0.15, 0.2) is 0 Å². The third-order valence-corrected chi connectivity index (χ3v) is 4.44. The topological polar surface area (TPSA) is 29.6 Å². The molecule has 3 aromatic rings. The van der Waals surface area contributed by atoms with Crippen molar-refractivity contribution in [1.29, 1.82) is 0 Å². The predicted molar refractivity (Wildman–Crippen MR) is 93.2 cm³/mol. The number of aromatic nitrogens is 1. The summed E-state index contributed by atoms with van der Waals surface area (Å²) >= 11 is 1.45. The van der Waals surface area contributed by atoms with Gasteiger partial charge in [0.05, 0.1) is 11.4 Å². The first kappa shape index (κ1) is 16.3. The third kappa shape index (κ3) is 3.33. The normalized spacial score (nSPS) is 12.7. The number of hydrogen-bond donors (Lipinski definition) is 0. The fourth-order valence-corrected chi connectivity index (χ4v) is 3.06. The first-order valence-corrected chi connectivity index (χ1v) is 8.17. The quantitative estimate of drug-likeness (QED) is 0.635. The average Bonchev–Trinajstić information content (AvgIpc) is 2.98. The van der Waals surface area contributed by atoms with Gasteiger partial charge in [-0.1, -0.05) is 12.1 Å². The van der Waals surface area contributed by atoms with E-state index in [0.717, 1.165) is 27.3 Å². The molecule has 0 atom stereocenters. The molecule has 0 unspecified atom stereocenters. The molecule has 1 aromatic heterocycles. The summed E-state index contributed by atoms with van der Waals surface area (Å²) in [6, 6.07) is 12.4. The first-order valence-electron chi connectivity index (χ1n) is 7.29. The zero-order valence-electron chi connectivity index (χ0n) is 13.2. The van der Waals surface area contributed by atoms with Crippen LogP contribution in [0.5, 0.6) is 0 Å². The Morgan fingerprint density at radius 3 is 2.12 bits per heavy atom. The van der Waals surface area contributed by atoms with Crippen molar-refractivity contribution in [2.75, 3.05) is 7.05 Å². The van der Waals surface area contributed by atoms with Gasteiger partial charge in [-0.25, -0.2) is 13.5 Å². The van der Waals surface area contributed by atoms with Crippen molar-refractivity contribution in [3.63, 3.8) is 0 Å². The minimum absolute atomic E-state index is 0.285. The van der Waals surface area contributed by atoms with Gasteiger partial charge in [-0.2, -0.15) is 5.10 Å². The lowest BCUT2D eigenvalue weighted by molar-refractivity contribution is 0.627. The standard InChI is InChI=1S/C18H15F2N3S/c1-12(13-3-7-15(19)8-4-13)22-23-17(11-24-18(23)21-2)14-5-9-16(20)10-6-14/h3-11H,1-2H3. The molecule has 0 N–H and O–H groups in total. The molecule has 0 spiro atoms. The van der Waals surface area contributed by atoms with E-state index in [1.165, 1.54) is 35.6 Å². The Hall–Kier alpha value is -2.60. The van der Waals surface area contributed by atoms with Crippen LogP contribution < -0.4 is 4.80 Å². The molecule has 6 heteroatoms. The predicted octanol–water partition coefficient (Wildman–Crippen LogP) is 4.30. The van der Waals surface area contributed by atoms with Gasteiger partial charge >= 0.3 is 0 Å². The maximum Gasteiger partial charge on any atom is 0.205 e. The van der Waals surface area contributed by atoms with Crippen LogP contribution in [0, 0.1) is 11.6 Å². The zero-order valence-corrected chi connectivity index (χ0v) is 14.0. The van der Waals surface area contributed by atoms with Crippen LogP contribution in [0.3, 0.4) is 0 Å². The monoisotopic (exact) mass is 343 g/mol. The van der Waals surface area contributed by atoms with Crippen LogP contribution in [-0.2, 0) is 0 Å². The van der Waals surface area contributed by atoms with Gasteiger partial charge in [0.1, 0.15) is 11.6 Å². The smallest absolute Gasteiger partial charge is 0.205 e. The van der Waals surface area contributed by atoms with E-state index in [4.69, 9.17) is 0 Å². The van der Waals surface area contributed by atoms with E-state index in [9.17, 15) is 8.78 Å². The molecule has 0 aliphatic carbocycles. The summed E-state index contributed by atoms with van der Waals surface area (Å²) in [6.45, 7) is 1.85. The van der Waals surface area contributed by atoms with Crippen molar-refractivity contribution in [3.8, 4) is 11.3 Å². The Balaban J connectivity index is 2.10. The average molecular weight is 343 g/mol. The minimum Gasteiger partial charge on any atom is -0.261 e. The summed E-state index contributed by atoms with van der Waals surface area (Å²) in [6.07, 6.45) is 0. The van der Waals surface area contributed by atoms with E-state index in [2.05, 4.69) is 10.1 Å². The van der Waals surface area contributed by atoms with E-state index in [0.29, 0.717) is 0 Å². The van der Waals surface area contributed by atoms with Gasteiger partial charge in [-0.05, 0) is 48.9 Å². The molecule has 3 nitrogen and oxygen atoms in total. The van der Waals surface area contributed by atoms with Crippen LogP contribution in [-0.4, -0.2) is 17.4 Å². The SMILES string of the molecule is CN=c1scc(-c2ccc(F)cc2)n1N=C(C)c1ccc(F)cc1. The number of rotatable bonds is 3. The second-order valence-electron chi connectivity index (χ2n) is 5.14. The molecule has 1 heterocycles. The van der Waals surface area contributed by atoms with Crippen LogP contribution >= 0.6 is 11.3 Å². The van der Waals surface area contributed by atoms with Crippen molar-refractivity contribution in [1.82, 2.24) is 4.68 Å². The second-order valence-corrected chi connectivity index (χ2v) is 5.97. The summed E-state index contributed by atoms with van der Waals surface area (Å²) < 4.78 is 28.0. The minimum atomic E-state index is -0.286. The Kier molecular flexibility index (Phi) is 4.66. The van der Waals surface area contributed by atoms with Crippen LogP contribution in [0.2, 0.25) is 0 Å². The van der Waals surface area contributed by atoms with Crippen LogP contribution in [0.1, 0.15) is 12.5 Å². The van der Waals surface area contributed by atoms with Gasteiger partial charge in [-0.15, -0.1) is 11.3 Å². The highest BCUT2D eigenvalue weighted by molar-refractivity contribution is 7.07. The molecule has 24 heavy (non-hydrogen) atoms. The van der Waals surface area contributed by atoms with Gasteiger partial charge in [0, 0.05) is 18.0 Å². The zero-order chi connectivity index (χ0) is 17.1.